The van der Waals surface area contributed by atoms with Gasteiger partial charge >= 0.3 is 0 Å². The minimum absolute atomic E-state index is 0.229. The molecule has 1 aliphatic rings. The smallest absolute Gasteiger partial charge is 0.0884 e. The lowest BCUT2D eigenvalue weighted by Crippen LogP contribution is -2.02. The highest BCUT2D eigenvalue weighted by Crippen LogP contribution is 2.35. The summed E-state index contributed by atoms with van der Waals surface area (Å²) in [5.41, 5.74) is 1.51. The van der Waals surface area contributed by atoms with Crippen LogP contribution in [-0.2, 0) is 12.8 Å². The second kappa shape index (κ2) is 6.01. The Bertz CT molecular complexity index is 332. The van der Waals surface area contributed by atoms with Crippen molar-refractivity contribution < 1.29 is 5.11 Å². The van der Waals surface area contributed by atoms with Gasteiger partial charge in [0.2, 0.25) is 0 Å². The van der Waals surface area contributed by atoms with E-state index in [-0.39, 0.29) is 6.10 Å². The van der Waals surface area contributed by atoms with E-state index in [1.54, 1.807) is 0 Å². The van der Waals surface area contributed by atoms with E-state index in [0.29, 0.717) is 5.92 Å². The Morgan fingerprint density at radius 3 is 2.82 bits per heavy atom. The molecule has 1 aliphatic carbocycles. The Morgan fingerprint density at radius 1 is 1.35 bits per heavy atom. The van der Waals surface area contributed by atoms with Crippen molar-refractivity contribution in [2.24, 2.45) is 5.92 Å². The number of aliphatic hydroxyl groups excluding tert-OH is 1. The Hall–Kier alpha value is -0.340. The Kier molecular flexibility index (Phi) is 4.63. The molecule has 0 amide bonds. The van der Waals surface area contributed by atoms with Gasteiger partial charge in [0.25, 0.3) is 0 Å². The molecule has 0 aliphatic heterocycles. The second-order valence-corrected chi connectivity index (χ2v) is 6.62. The summed E-state index contributed by atoms with van der Waals surface area (Å²) in [7, 11) is 0. The molecular weight excluding hydrogens is 228 g/mol. The fourth-order valence-corrected chi connectivity index (χ4v) is 4.04. The zero-order chi connectivity index (χ0) is 12.3. The second-order valence-electron chi connectivity index (χ2n) is 5.45. The molecule has 1 N–H and O–H groups in total. The van der Waals surface area contributed by atoms with Crippen molar-refractivity contribution in [2.45, 2.75) is 64.9 Å². The maximum Gasteiger partial charge on any atom is 0.0884 e. The fourth-order valence-electron chi connectivity index (χ4n) is 2.79. The van der Waals surface area contributed by atoms with Crippen LogP contribution in [0.4, 0.5) is 0 Å². The Labute approximate surface area is 109 Å². The lowest BCUT2D eigenvalue weighted by atomic mass is 9.96. The molecule has 17 heavy (non-hydrogen) atoms. The molecule has 0 saturated carbocycles. The van der Waals surface area contributed by atoms with Crippen molar-refractivity contribution in [3.05, 3.63) is 21.4 Å². The molecule has 0 fully saturated rings. The molecule has 0 aromatic carbocycles. The molecule has 0 bridgehead atoms. The number of hydrogen-bond donors (Lipinski definition) is 1. The minimum Gasteiger partial charge on any atom is -0.388 e. The van der Waals surface area contributed by atoms with E-state index in [9.17, 15) is 5.11 Å². The lowest BCUT2D eigenvalue weighted by Gasteiger charge is -2.14. The molecule has 2 heteroatoms. The van der Waals surface area contributed by atoms with E-state index in [2.05, 4.69) is 19.9 Å². The fraction of sp³-hybridized carbons (Fsp3) is 0.733. The Morgan fingerprint density at radius 2 is 2.12 bits per heavy atom. The summed E-state index contributed by atoms with van der Waals surface area (Å²) in [6, 6.07) is 2.27. The normalized spacial score (nSPS) is 18.8. The molecule has 0 radical (unpaired) electrons. The summed E-state index contributed by atoms with van der Waals surface area (Å²) in [4.78, 5) is 2.74. The first-order chi connectivity index (χ1) is 8.20. The molecule has 2 unspecified atom stereocenters. The average molecular weight is 252 g/mol. The monoisotopic (exact) mass is 252 g/mol. The number of fused-ring (bicyclic) bond motifs is 1. The third-order valence-electron chi connectivity index (χ3n) is 3.75. The van der Waals surface area contributed by atoms with Crippen LogP contribution < -0.4 is 0 Å². The summed E-state index contributed by atoms with van der Waals surface area (Å²) >= 11 is 1.85. The van der Waals surface area contributed by atoms with Crippen LogP contribution in [0.5, 0.6) is 0 Å². The first-order valence-electron chi connectivity index (χ1n) is 7.00. The van der Waals surface area contributed by atoms with Crippen LogP contribution in [0.25, 0.3) is 0 Å². The summed E-state index contributed by atoms with van der Waals surface area (Å²) < 4.78 is 0. The SMILES string of the molecule is CCCC(C)CC(O)c1cc2c(s1)CCCC2. The maximum absolute atomic E-state index is 10.3. The molecule has 1 heterocycles. The lowest BCUT2D eigenvalue weighted by molar-refractivity contribution is 0.148. The number of hydrogen-bond acceptors (Lipinski definition) is 2. The van der Waals surface area contributed by atoms with E-state index in [1.807, 2.05) is 11.3 Å². The van der Waals surface area contributed by atoms with Gasteiger partial charge < -0.3 is 5.11 Å². The molecular formula is C15H24OS. The van der Waals surface area contributed by atoms with Gasteiger partial charge in [0.1, 0.15) is 0 Å². The maximum atomic E-state index is 10.3. The molecule has 96 valence electrons. The van der Waals surface area contributed by atoms with Gasteiger partial charge in [-0.25, -0.2) is 0 Å². The van der Waals surface area contributed by atoms with Gasteiger partial charge in [-0.15, -0.1) is 11.3 Å². The first-order valence-corrected chi connectivity index (χ1v) is 7.82. The highest BCUT2D eigenvalue weighted by molar-refractivity contribution is 7.12. The van der Waals surface area contributed by atoms with Crippen molar-refractivity contribution in [1.82, 2.24) is 0 Å². The summed E-state index contributed by atoms with van der Waals surface area (Å²) in [6.45, 7) is 4.47. The quantitative estimate of drug-likeness (QED) is 0.819. The Balaban J connectivity index is 1.99. The van der Waals surface area contributed by atoms with Crippen LogP contribution in [0.15, 0.2) is 6.07 Å². The number of thiophene rings is 1. The molecule has 0 saturated heterocycles. The topological polar surface area (TPSA) is 20.2 Å². The third-order valence-corrected chi connectivity index (χ3v) is 5.09. The minimum atomic E-state index is -0.229. The number of aryl methyl sites for hydroxylation is 2. The van der Waals surface area contributed by atoms with E-state index in [1.165, 1.54) is 53.8 Å². The molecule has 1 nitrogen and oxygen atoms in total. The van der Waals surface area contributed by atoms with Crippen molar-refractivity contribution >= 4 is 11.3 Å². The molecule has 0 spiro atoms. The first kappa shape index (κ1) is 13.1. The van der Waals surface area contributed by atoms with Crippen LogP contribution >= 0.6 is 11.3 Å². The number of aliphatic hydroxyl groups is 1. The van der Waals surface area contributed by atoms with Gasteiger partial charge in [-0.3, -0.25) is 0 Å². The molecule has 2 atom stereocenters. The van der Waals surface area contributed by atoms with E-state index < -0.39 is 0 Å². The number of rotatable bonds is 5. The van der Waals surface area contributed by atoms with Crippen LogP contribution in [0, 0.1) is 5.92 Å². The zero-order valence-electron chi connectivity index (χ0n) is 11.0. The standard InChI is InChI=1S/C15H24OS/c1-3-6-11(2)9-13(16)15-10-12-7-4-5-8-14(12)17-15/h10-11,13,16H,3-9H2,1-2H3. The van der Waals surface area contributed by atoms with Gasteiger partial charge in [-0.1, -0.05) is 26.7 Å². The molecule has 2 rings (SSSR count). The molecule has 1 aromatic heterocycles. The summed E-state index contributed by atoms with van der Waals surface area (Å²) in [5, 5.41) is 10.3. The van der Waals surface area contributed by atoms with Crippen molar-refractivity contribution in [3.8, 4) is 0 Å². The van der Waals surface area contributed by atoms with Crippen LogP contribution in [0.2, 0.25) is 0 Å². The van der Waals surface area contributed by atoms with E-state index >= 15 is 0 Å². The highest BCUT2D eigenvalue weighted by atomic mass is 32.1. The van der Waals surface area contributed by atoms with E-state index in [4.69, 9.17) is 0 Å². The molecule has 1 aromatic rings. The summed E-state index contributed by atoms with van der Waals surface area (Å²) in [6.07, 6.45) is 8.25. The van der Waals surface area contributed by atoms with Crippen molar-refractivity contribution in [2.75, 3.05) is 0 Å². The van der Waals surface area contributed by atoms with Crippen molar-refractivity contribution in [1.29, 1.82) is 0 Å². The average Bonchev–Trinajstić information content (AvgIpc) is 2.72. The van der Waals surface area contributed by atoms with Gasteiger partial charge in [-0.2, -0.15) is 0 Å². The summed E-state index contributed by atoms with van der Waals surface area (Å²) in [5.74, 6) is 0.633. The zero-order valence-corrected chi connectivity index (χ0v) is 11.9. The van der Waals surface area contributed by atoms with Crippen molar-refractivity contribution in [3.63, 3.8) is 0 Å². The van der Waals surface area contributed by atoms with Gasteiger partial charge in [-0.05, 0) is 49.7 Å². The van der Waals surface area contributed by atoms with Crippen LogP contribution in [0.1, 0.15) is 67.4 Å². The van der Waals surface area contributed by atoms with Gasteiger partial charge in [0.15, 0.2) is 0 Å². The van der Waals surface area contributed by atoms with Gasteiger partial charge in [0, 0.05) is 9.75 Å². The van der Waals surface area contributed by atoms with Gasteiger partial charge in [0.05, 0.1) is 6.10 Å². The highest BCUT2D eigenvalue weighted by Gasteiger charge is 2.18. The predicted molar refractivity (Wildman–Crippen MR) is 74.6 cm³/mol. The predicted octanol–water partition coefficient (Wildman–Crippen LogP) is 4.49. The van der Waals surface area contributed by atoms with Crippen LogP contribution in [0.3, 0.4) is 0 Å². The van der Waals surface area contributed by atoms with E-state index in [0.717, 1.165) is 6.42 Å². The van der Waals surface area contributed by atoms with Crippen LogP contribution in [-0.4, -0.2) is 5.11 Å². The largest absolute Gasteiger partial charge is 0.388 e. The third kappa shape index (κ3) is 3.32.